The highest BCUT2D eigenvalue weighted by molar-refractivity contribution is 9.10. The molecule has 3 rings (SSSR count). The molecule has 2 aromatic rings. The number of aryl methyl sites for hydroxylation is 1. The number of thiophene rings is 1. The molecule has 1 aliphatic heterocycles. The first-order valence-corrected chi connectivity index (χ1v) is 9.42. The molecule has 1 aromatic heterocycles. The minimum absolute atomic E-state index is 0.145. The van der Waals surface area contributed by atoms with Gasteiger partial charge < -0.3 is 16.0 Å². The van der Waals surface area contributed by atoms with Crippen LogP contribution in [0.4, 0.5) is 5.69 Å². The quantitative estimate of drug-likeness (QED) is 0.648. The Bertz CT molecular complexity index is 827. The topological polar surface area (TPSA) is 53.2 Å². The molecule has 4 nitrogen and oxygen atoms in total. The Morgan fingerprint density at radius 1 is 1.29 bits per heavy atom. The van der Waals surface area contributed by atoms with Crippen molar-refractivity contribution in [2.24, 2.45) is 0 Å². The summed E-state index contributed by atoms with van der Waals surface area (Å²) in [7, 11) is 0. The molecule has 124 valence electrons. The second-order valence-electron chi connectivity index (χ2n) is 5.56. The van der Waals surface area contributed by atoms with Crippen molar-refractivity contribution in [3.8, 4) is 0 Å². The van der Waals surface area contributed by atoms with Crippen molar-refractivity contribution in [1.82, 2.24) is 10.6 Å². The number of carbonyl (C=O) groups excluding carboxylic acids is 1. The molecule has 24 heavy (non-hydrogen) atoms. The Kier molecular flexibility index (Phi) is 5.03. The third-order valence-corrected chi connectivity index (χ3v) is 5.67. The van der Waals surface area contributed by atoms with Gasteiger partial charge in [0.1, 0.15) is 0 Å². The third-order valence-electron chi connectivity index (χ3n) is 3.70. The Labute approximate surface area is 158 Å². The van der Waals surface area contributed by atoms with E-state index in [9.17, 15) is 4.79 Å². The summed E-state index contributed by atoms with van der Waals surface area (Å²) in [4.78, 5) is 13.9. The van der Waals surface area contributed by atoms with Gasteiger partial charge in [-0.3, -0.25) is 4.79 Å². The molecule has 2 heterocycles. The maximum atomic E-state index is 12.9. The van der Waals surface area contributed by atoms with Crippen LogP contribution in [0, 0.1) is 6.92 Å². The van der Waals surface area contributed by atoms with E-state index in [2.05, 4.69) is 31.9 Å². The zero-order valence-corrected chi connectivity index (χ0v) is 16.4. The minimum Gasteiger partial charge on any atom is -0.350 e. The van der Waals surface area contributed by atoms with Gasteiger partial charge in [-0.15, -0.1) is 11.3 Å². The fraction of sp³-hybridized carbons (Fsp3) is 0.176. The van der Waals surface area contributed by atoms with Crippen LogP contribution >= 0.6 is 39.5 Å². The van der Waals surface area contributed by atoms with Crippen LogP contribution in [-0.4, -0.2) is 11.0 Å². The van der Waals surface area contributed by atoms with Gasteiger partial charge in [0.25, 0.3) is 5.91 Å². The number of amides is 1. The fourth-order valence-electron chi connectivity index (χ4n) is 2.52. The van der Waals surface area contributed by atoms with Crippen molar-refractivity contribution in [1.29, 1.82) is 0 Å². The zero-order chi connectivity index (χ0) is 17.3. The summed E-state index contributed by atoms with van der Waals surface area (Å²) in [6.07, 6.45) is 0. The van der Waals surface area contributed by atoms with Crippen LogP contribution in [0.25, 0.3) is 0 Å². The van der Waals surface area contributed by atoms with Gasteiger partial charge in [-0.25, -0.2) is 0 Å². The van der Waals surface area contributed by atoms with E-state index in [0.717, 1.165) is 26.3 Å². The molecule has 0 aliphatic carbocycles. The van der Waals surface area contributed by atoms with Crippen molar-refractivity contribution in [2.75, 3.05) is 5.32 Å². The third kappa shape index (κ3) is 3.68. The van der Waals surface area contributed by atoms with Crippen molar-refractivity contribution >= 4 is 56.2 Å². The number of benzene rings is 1. The average molecular weight is 422 g/mol. The lowest BCUT2D eigenvalue weighted by atomic mass is 10.0. The molecule has 0 bridgehead atoms. The van der Waals surface area contributed by atoms with Crippen LogP contribution in [0.15, 0.2) is 51.5 Å². The standard InChI is InChI=1S/C17H16BrN3OS2/c1-9-3-5-12(6-4-9)20-16(22)14-10(2)19-17(23)21-15(14)13-7-11(18)8-24-13/h3-8,15H,1-2H3,(H,20,22)(H2,19,21,23). The van der Waals surface area contributed by atoms with Crippen molar-refractivity contribution in [3.05, 3.63) is 61.9 Å². The second kappa shape index (κ2) is 7.04. The number of anilines is 1. The number of rotatable bonds is 3. The molecule has 3 N–H and O–H groups in total. The van der Waals surface area contributed by atoms with Crippen LogP contribution in [0.3, 0.4) is 0 Å². The van der Waals surface area contributed by atoms with Gasteiger partial charge in [0, 0.05) is 26.1 Å². The van der Waals surface area contributed by atoms with Gasteiger partial charge in [-0.1, -0.05) is 17.7 Å². The molecule has 1 aromatic carbocycles. The molecule has 1 atom stereocenters. The number of carbonyl (C=O) groups is 1. The molecule has 1 unspecified atom stereocenters. The number of thiocarbonyl (C=S) groups is 1. The van der Waals surface area contributed by atoms with Crippen LogP contribution in [0.1, 0.15) is 23.4 Å². The first kappa shape index (κ1) is 17.1. The molecule has 0 spiro atoms. The van der Waals surface area contributed by atoms with E-state index in [0.29, 0.717) is 10.7 Å². The van der Waals surface area contributed by atoms with E-state index in [1.54, 1.807) is 11.3 Å². The molecule has 7 heteroatoms. The predicted octanol–water partition coefficient (Wildman–Crippen LogP) is 4.25. The highest BCUT2D eigenvalue weighted by Gasteiger charge is 2.30. The van der Waals surface area contributed by atoms with E-state index in [1.807, 2.05) is 49.6 Å². The SMILES string of the molecule is CC1=C(C(=O)Nc2ccc(C)cc2)C(c2cc(Br)cs2)NC(=S)N1. The smallest absolute Gasteiger partial charge is 0.255 e. The molecule has 0 saturated heterocycles. The van der Waals surface area contributed by atoms with Gasteiger partial charge >= 0.3 is 0 Å². The molecule has 0 radical (unpaired) electrons. The monoisotopic (exact) mass is 421 g/mol. The summed E-state index contributed by atoms with van der Waals surface area (Å²) >= 11 is 10.3. The molecular formula is C17H16BrN3OS2. The highest BCUT2D eigenvalue weighted by atomic mass is 79.9. The maximum absolute atomic E-state index is 12.9. The zero-order valence-electron chi connectivity index (χ0n) is 13.1. The summed E-state index contributed by atoms with van der Waals surface area (Å²) in [5, 5.41) is 11.7. The molecule has 0 saturated carbocycles. The lowest BCUT2D eigenvalue weighted by Crippen LogP contribution is -2.45. The predicted molar refractivity (Wildman–Crippen MR) is 106 cm³/mol. The summed E-state index contributed by atoms with van der Waals surface area (Å²) < 4.78 is 0.990. The van der Waals surface area contributed by atoms with Gasteiger partial charge in [-0.2, -0.15) is 0 Å². The lowest BCUT2D eigenvalue weighted by Gasteiger charge is -2.29. The van der Waals surface area contributed by atoms with Crippen molar-refractivity contribution < 1.29 is 4.79 Å². The Morgan fingerprint density at radius 3 is 2.62 bits per heavy atom. The van der Waals surface area contributed by atoms with Crippen LogP contribution in [-0.2, 0) is 4.79 Å². The number of halogens is 1. The normalized spacial score (nSPS) is 17.3. The molecule has 1 aliphatic rings. The number of nitrogens with one attached hydrogen (secondary N) is 3. The number of hydrogen-bond acceptors (Lipinski definition) is 3. The summed E-state index contributed by atoms with van der Waals surface area (Å²) in [6, 6.07) is 9.47. The van der Waals surface area contributed by atoms with Gasteiger partial charge in [0.2, 0.25) is 0 Å². The second-order valence-corrected chi connectivity index (χ2v) is 7.82. The van der Waals surface area contributed by atoms with Gasteiger partial charge in [0.15, 0.2) is 5.11 Å². The molecular weight excluding hydrogens is 406 g/mol. The Balaban J connectivity index is 1.91. The van der Waals surface area contributed by atoms with Crippen molar-refractivity contribution in [2.45, 2.75) is 19.9 Å². The first-order valence-electron chi connectivity index (χ1n) is 7.34. The van der Waals surface area contributed by atoms with Crippen LogP contribution in [0.2, 0.25) is 0 Å². The van der Waals surface area contributed by atoms with Crippen LogP contribution in [0.5, 0.6) is 0 Å². The van der Waals surface area contributed by atoms with Gasteiger partial charge in [-0.05, 0) is 60.2 Å². The van der Waals surface area contributed by atoms with E-state index in [4.69, 9.17) is 12.2 Å². The fourth-order valence-corrected chi connectivity index (χ4v) is 4.30. The summed E-state index contributed by atoms with van der Waals surface area (Å²) in [6.45, 7) is 3.88. The lowest BCUT2D eigenvalue weighted by molar-refractivity contribution is -0.113. The Hall–Kier alpha value is -1.70. The maximum Gasteiger partial charge on any atom is 0.255 e. The summed E-state index contributed by atoms with van der Waals surface area (Å²) in [5.41, 5.74) is 3.32. The van der Waals surface area contributed by atoms with E-state index in [1.165, 1.54) is 0 Å². The van der Waals surface area contributed by atoms with E-state index < -0.39 is 0 Å². The Morgan fingerprint density at radius 2 is 2.00 bits per heavy atom. The molecule has 1 amide bonds. The van der Waals surface area contributed by atoms with E-state index >= 15 is 0 Å². The highest BCUT2D eigenvalue weighted by Crippen LogP contribution is 2.33. The number of hydrogen-bond donors (Lipinski definition) is 3. The largest absolute Gasteiger partial charge is 0.350 e. The first-order chi connectivity index (χ1) is 11.4. The average Bonchev–Trinajstić information content (AvgIpc) is 2.95. The van der Waals surface area contributed by atoms with E-state index in [-0.39, 0.29) is 11.9 Å². The summed E-state index contributed by atoms with van der Waals surface area (Å²) in [5.74, 6) is -0.145. The van der Waals surface area contributed by atoms with Crippen LogP contribution < -0.4 is 16.0 Å². The van der Waals surface area contributed by atoms with Gasteiger partial charge in [0.05, 0.1) is 11.6 Å². The number of allylic oxidation sites excluding steroid dienone is 1. The minimum atomic E-state index is -0.263. The van der Waals surface area contributed by atoms with Crippen molar-refractivity contribution in [3.63, 3.8) is 0 Å². The molecule has 0 fully saturated rings.